The van der Waals surface area contributed by atoms with Gasteiger partial charge in [0.1, 0.15) is 0 Å². The maximum atomic E-state index is 12.5. The number of hydrogen-bond acceptors (Lipinski definition) is 3. The molecule has 0 aromatic carbocycles. The summed E-state index contributed by atoms with van der Waals surface area (Å²) in [4.78, 5) is 17.0. The fourth-order valence-corrected chi connectivity index (χ4v) is 4.42. The predicted octanol–water partition coefficient (Wildman–Crippen LogP) is 2.66. The Kier molecular flexibility index (Phi) is 3.64. The van der Waals surface area contributed by atoms with Gasteiger partial charge in [-0.3, -0.25) is 9.69 Å². The largest absolute Gasteiger partial charge is 0.337 e. The van der Waals surface area contributed by atoms with Gasteiger partial charge in [-0.05, 0) is 55.0 Å². The molecule has 2 fully saturated rings. The number of fused-ring (bicyclic) bond motifs is 2. The fourth-order valence-electron chi connectivity index (χ4n) is 3.10. The van der Waals surface area contributed by atoms with Gasteiger partial charge in [0, 0.05) is 30.6 Å². The van der Waals surface area contributed by atoms with Gasteiger partial charge >= 0.3 is 0 Å². The van der Waals surface area contributed by atoms with Gasteiger partial charge < -0.3 is 4.90 Å². The third kappa shape index (κ3) is 2.32. The molecule has 3 heterocycles. The second-order valence-electron chi connectivity index (χ2n) is 5.23. The van der Waals surface area contributed by atoms with Gasteiger partial charge in [-0.25, -0.2) is 0 Å². The molecule has 98 valence electrons. The zero-order chi connectivity index (χ0) is 12.7. The molecule has 0 aliphatic carbocycles. The van der Waals surface area contributed by atoms with Crippen LogP contribution in [0, 0.1) is 2.88 Å². The van der Waals surface area contributed by atoms with Crippen LogP contribution in [-0.2, 0) is 0 Å². The number of hydrogen-bond donors (Lipinski definition) is 0. The average Bonchev–Trinajstić information content (AvgIpc) is 2.84. The number of likely N-dealkylation sites (N-methyl/N-ethyl adjacent to an activating group) is 1. The number of amides is 1. The number of halogens is 1. The quantitative estimate of drug-likeness (QED) is 0.704. The van der Waals surface area contributed by atoms with Crippen molar-refractivity contribution in [3.05, 3.63) is 19.9 Å². The summed E-state index contributed by atoms with van der Waals surface area (Å²) in [5.41, 5.74) is 0.866. The van der Waals surface area contributed by atoms with E-state index < -0.39 is 0 Å². The first-order chi connectivity index (χ1) is 8.65. The maximum Gasteiger partial charge on any atom is 0.254 e. The normalized spacial score (nSPS) is 28.4. The van der Waals surface area contributed by atoms with E-state index in [4.69, 9.17) is 0 Å². The Labute approximate surface area is 125 Å². The van der Waals surface area contributed by atoms with E-state index in [1.807, 2.05) is 11.4 Å². The first-order valence-electron chi connectivity index (χ1n) is 6.40. The molecule has 2 aliphatic rings. The monoisotopic (exact) mass is 376 g/mol. The summed E-state index contributed by atoms with van der Waals surface area (Å²) in [5, 5.41) is 1.98. The fraction of sp³-hybridized carbons (Fsp3) is 0.615. The smallest absolute Gasteiger partial charge is 0.254 e. The van der Waals surface area contributed by atoms with Crippen molar-refractivity contribution in [3.8, 4) is 0 Å². The van der Waals surface area contributed by atoms with E-state index in [-0.39, 0.29) is 5.91 Å². The Hall–Kier alpha value is -0.140. The summed E-state index contributed by atoms with van der Waals surface area (Å²) in [6, 6.07) is 3.26. The van der Waals surface area contributed by atoms with Crippen molar-refractivity contribution in [2.24, 2.45) is 0 Å². The molecule has 0 radical (unpaired) electrons. The van der Waals surface area contributed by atoms with E-state index in [1.54, 1.807) is 11.3 Å². The van der Waals surface area contributed by atoms with E-state index in [0.29, 0.717) is 12.1 Å². The van der Waals surface area contributed by atoms with Crippen molar-refractivity contribution < 1.29 is 4.79 Å². The summed E-state index contributed by atoms with van der Waals surface area (Å²) < 4.78 is 1.18. The molecule has 1 aromatic heterocycles. The third-order valence-electron chi connectivity index (χ3n) is 4.25. The van der Waals surface area contributed by atoms with Crippen LogP contribution in [-0.4, -0.2) is 47.9 Å². The average molecular weight is 376 g/mol. The Bertz CT molecular complexity index is 462. The molecule has 2 saturated heterocycles. The van der Waals surface area contributed by atoms with Crippen LogP contribution in [0.15, 0.2) is 11.4 Å². The summed E-state index contributed by atoms with van der Waals surface area (Å²) in [7, 11) is 2.21. The molecule has 3 rings (SSSR count). The molecular weight excluding hydrogens is 359 g/mol. The number of carbonyl (C=O) groups excluding carboxylic acids is 1. The van der Waals surface area contributed by atoms with Gasteiger partial charge in [0.25, 0.3) is 5.91 Å². The highest BCUT2D eigenvalue weighted by Crippen LogP contribution is 2.29. The van der Waals surface area contributed by atoms with Crippen molar-refractivity contribution in [1.29, 1.82) is 0 Å². The lowest BCUT2D eigenvalue weighted by Crippen LogP contribution is -2.39. The van der Waals surface area contributed by atoms with E-state index in [1.165, 1.54) is 15.7 Å². The standard InChI is InChI=1S/C13H17IN2OS/c1-15-10-2-3-11(15)7-16(5-4-10)13(17)9-6-12(14)18-8-9/h6,8,10-11H,2-5,7H2,1H3. The minimum Gasteiger partial charge on any atom is -0.337 e. The molecule has 1 aromatic rings. The minimum absolute atomic E-state index is 0.218. The number of likely N-dealkylation sites (tertiary alicyclic amines) is 1. The molecule has 2 atom stereocenters. The lowest BCUT2D eigenvalue weighted by Gasteiger charge is -2.25. The number of thiophene rings is 1. The van der Waals surface area contributed by atoms with E-state index in [2.05, 4.69) is 39.4 Å². The lowest BCUT2D eigenvalue weighted by molar-refractivity contribution is 0.0741. The number of carbonyl (C=O) groups is 1. The first kappa shape index (κ1) is 12.9. The van der Waals surface area contributed by atoms with E-state index >= 15 is 0 Å². The van der Waals surface area contributed by atoms with Crippen LogP contribution in [0.4, 0.5) is 0 Å². The topological polar surface area (TPSA) is 23.6 Å². The van der Waals surface area contributed by atoms with Gasteiger partial charge in [-0.1, -0.05) is 0 Å². The molecule has 18 heavy (non-hydrogen) atoms. The van der Waals surface area contributed by atoms with Crippen LogP contribution in [0.2, 0.25) is 0 Å². The summed E-state index contributed by atoms with van der Waals surface area (Å²) in [5.74, 6) is 0.218. The Morgan fingerprint density at radius 1 is 1.39 bits per heavy atom. The van der Waals surface area contributed by atoms with Crippen LogP contribution in [0.3, 0.4) is 0 Å². The van der Waals surface area contributed by atoms with Crippen molar-refractivity contribution in [1.82, 2.24) is 9.80 Å². The Morgan fingerprint density at radius 2 is 2.17 bits per heavy atom. The second kappa shape index (κ2) is 5.09. The van der Waals surface area contributed by atoms with Gasteiger partial charge in [0.05, 0.1) is 8.45 Å². The molecule has 0 saturated carbocycles. The highest BCUT2D eigenvalue weighted by molar-refractivity contribution is 14.1. The lowest BCUT2D eigenvalue weighted by atomic mass is 10.1. The highest BCUT2D eigenvalue weighted by Gasteiger charge is 2.36. The van der Waals surface area contributed by atoms with Crippen molar-refractivity contribution in [2.75, 3.05) is 20.1 Å². The molecule has 5 heteroatoms. The van der Waals surface area contributed by atoms with Crippen LogP contribution in [0.25, 0.3) is 0 Å². The molecule has 3 nitrogen and oxygen atoms in total. The SMILES string of the molecule is CN1C2CCC1CN(C(=O)c1csc(I)c1)CC2. The van der Waals surface area contributed by atoms with Gasteiger partial charge in [0.15, 0.2) is 0 Å². The summed E-state index contributed by atoms with van der Waals surface area (Å²) in [6.07, 6.45) is 3.67. The summed E-state index contributed by atoms with van der Waals surface area (Å²) in [6.45, 7) is 1.81. The number of rotatable bonds is 1. The van der Waals surface area contributed by atoms with Crippen molar-refractivity contribution in [3.63, 3.8) is 0 Å². The highest BCUT2D eigenvalue weighted by atomic mass is 127. The van der Waals surface area contributed by atoms with Crippen molar-refractivity contribution in [2.45, 2.75) is 31.3 Å². The van der Waals surface area contributed by atoms with Gasteiger partial charge in [-0.2, -0.15) is 0 Å². The maximum absolute atomic E-state index is 12.5. The third-order valence-corrected chi connectivity index (χ3v) is 6.04. The summed E-state index contributed by atoms with van der Waals surface area (Å²) >= 11 is 3.92. The van der Waals surface area contributed by atoms with Crippen LogP contribution >= 0.6 is 33.9 Å². The van der Waals surface area contributed by atoms with E-state index in [0.717, 1.165) is 25.1 Å². The van der Waals surface area contributed by atoms with Crippen LogP contribution in [0.1, 0.15) is 29.6 Å². The molecular formula is C13H17IN2OS. The van der Waals surface area contributed by atoms with E-state index in [9.17, 15) is 4.79 Å². The number of nitrogens with zero attached hydrogens (tertiary/aromatic N) is 2. The molecule has 0 N–H and O–H groups in total. The van der Waals surface area contributed by atoms with Gasteiger partial charge in [-0.15, -0.1) is 11.3 Å². The first-order valence-corrected chi connectivity index (χ1v) is 8.36. The Balaban J connectivity index is 1.75. The molecule has 2 bridgehead atoms. The van der Waals surface area contributed by atoms with Crippen molar-refractivity contribution >= 4 is 39.8 Å². The Morgan fingerprint density at radius 3 is 2.89 bits per heavy atom. The molecule has 0 spiro atoms. The van der Waals surface area contributed by atoms with Crippen LogP contribution in [0.5, 0.6) is 0 Å². The minimum atomic E-state index is 0.218. The molecule has 2 unspecified atom stereocenters. The zero-order valence-electron chi connectivity index (χ0n) is 10.4. The van der Waals surface area contributed by atoms with Gasteiger partial charge in [0.2, 0.25) is 0 Å². The van der Waals surface area contributed by atoms with Crippen LogP contribution < -0.4 is 0 Å². The molecule has 2 aliphatic heterocycles. The second-order valence-corrected chi connectivity index (χ2v) is 8.04. The predicted molar refractivity (Wildman–Crippen MR) is 82.1 cm³/mol. The zero-order valence-corrected chi connectivity index (χ0v) is 13.4. The molecule has 1 amide bonds.